The molecule has 0 heterocycles. The maximum absolute atomic E-state index is 11.6. The summed E-state index contributed by atoms with van der Waals surface area (Å²) in [6.07, 6.45) is 0.118. The second kappa shape index (κ2) is 5.79. The lowest BCUT2D eigenvalue weighted by Gasteiger charge is -2.18. The molecule has 0 N–H and O–H groups in total. The molecule has 15 heavy (non-hydrogen) atoms. The summed E-state index contributed by atoms with van der Waals surface area (Å²) in [6.45, 7) is 5.74. The molecule has 0 saturated carbocycles. The highest BCUT2D eigenvalue weighted by Gasteiger charge is 2.25. The van der Waals surface area contributed by atoms with E-state index in [4.69, 9.17) is 13.5 Å². The largest absolute Gasteiger partial charge is 0.520 e. The van der Waals surface area contributed by atoms with Crippen molar-refractivity contribution in [1.82, 2.24) is 0 Å². The summed E-state index contributed by atoms with van der Waals surface area (Å²) in [7, 11) is -2.34. The minimum Gasteiger partial charge on any atom is -0.520 e. The van der Waals surface area contributed by atoms with Crippen molar-refractivity contribution in [3.05, 3.63) is 0 Å². The van der Waals surface area contributed by atoms with E-state index in [1.54, 1.807) is 0 Å². The Balaban J connectivity index is 4.06. The molecule has 0 spiro atoms. The van der Waals surface area contributed by atoms with E-state index in [1.165, 1.54) is 14.2 Å². The number of carbonyl (C=O) groups excluding carboxylic acids is 1. The van der Waals surface area contributed by atoms with Crippen LogP contribution in [0, 0.1) is 0 Å². The highest BCUT2D eigenvalue weighted by Crippen LogP contribution is 2.46. The quantitative estimate of drug-likeness (QED) is 0.537. The Labute approximate surface area is 91.8 Å². The molecule has 0 amide bonds. The molecule has 0 rings (SSSR count). The lowest BCUT2D eigenvalue weighted by molar-refractivity contribution is -0.134. The predicted octanol–water partition coefficient (Wildman–Crippen LogP) is 2.24. The van der Waals surface area contributed by atoms with Gasteiger partial charge in [-0.25, -0.2) is 0 Å². The summed E-state index contributed by atoms with van der Waals surface area (Å²) in [5, 5.41) is 0. The van der Waals surface area contributed by atoms with Crippen LogP contribution in [0.4, 0.5) is 0 Å². The number of carbonyl (C=O) groups is 1. The first kappa shape index (κ1) is 14.8. The molecule has 0 unspecified atom stereocenters. The molecule has 0 aliphatic carbocycles. The normalized spacial score (nSPS) is 12.6. The summed E-state index contributed by atoms with van der Waals surface area (Å²) in [5.74, 6) is -0.344. The van der Waals surface area contributed by atoms with E-state index in [2.05, 4.69) is 0 Å². The third-order valence-corrected chi connectivity index (χ3v) is 4.29. The molecular formula is C8H19O5PSi. The fourth-order valence-electron chi connectivity index (χ4n) is 0.878. The number of rotatable bonds is 6. The molecule has 0 aliphatic heterocycles. The van der Waals surface area contributed by atoms with E-state index in [-0.39, 0.29) is 18.6 Å². The molecule has 0 atom stereocenters. The van der Waals surface area contributed by atoms with E-state index in [1.807, 2.05) is 19.6 Å². The molecule has 0 saturated heterocycles. The topological polar surface area (TPSA) is 61.8 Å². The van der Waals surface area contributed by atoms with Crippen LogP contribution in [0.15, 0.2) is 0 Å². The first-order valence-electron chi connectivity index (χ1n) is 4.65. The van der Waals surface area contributed by atoms with Gasteiger partial charge in [-0.05, 0) is 19.6 Å². The van der Waals surface area contributed by atoms with Gasteiger partial charge in [0.25, 0.3) is 5.97 Å². The number of hydrogen-bond donors (Lipinski definition) is 0. The molecule has 0 radical (unpaired) electrons. The van der Waals surface area contributed by atoms with E-state index in [9.17, 15) is 9.36 Å². The average molecular weight is 254 g/mol. The maximum Gasteiger partial charge on any atom is 0.330 e. The third-order valence-electron chi connectivity index (χ3n) is 1.57. The molecule has 5 nitrogen and oxygen atoms in total. The van der Waals surface area contributed by atoms with Crippen molar-refractivity contribution < 1.29 is 22.8 Å². The highest BCUT2D eigenvalue weighted by molar-refractivity contribution is 7.53. The summed E-state index contributed by atoms with van der Waals surface area (Å²) < 4.78 is 26.2. The molecule has 0 aliphatic rings. The summed E-state index contributed by atoms with van der Waals surface area (Å²) >= 11 is 0. The lowest BCUT2D eigenvalue weighted by Crippen LogP contribution is -2.29. The van der Waals surface area contributed by atoms with Crippen LogP contribution < -0.4 is 0 Å². The van der Waals surface area contributed by atoms with Crippen molar-refractivity contribution in [3.8, 4) is 0 Å². The molecule has 90 valence electrons. The zero-order chi connectivity index (χ0) is 12.1. The van der Waals surface area contributed by atoms with E-state index in [0.29, 0.717) is 0 Å². The molecule has 0 aromatic rings. The fourth-order valence-corrected chi connectivity index (χ4v) is 2.63. The summed E-state index contributed by atoms with van der Waals surface area (Å²) in [5.41, 5.74) is 0. The van der Waals surface area contributed by atoms with Gasteiger partial charge in [-0.2, -0.15) is 0 Å². The van der Waals surface area contributed by atoms with Gasteiger partial charge in [-0.1, -0.05) is 0 Å². The second-order valence-corrected chi connectivity index (χ2v) is 10.9. The Kier molecular flexibility index (Phi) is 5.73. The van der Waals surface area contributed by atoms with Crippen LogP contribution in [0.1, 0.15) is 6.42 Å². The standard InChI is InChI=1S/C8H19O5PSi/c1-11-14(10,12-2)7-6-8(9)13-15(3,4)5/h6-7H2,1-5H3. The SMILES string of the molecule is COP(=O)(CCC(=O)O[Si](C)(C)C)OC. The fraction of sp³-hybridized carbons (Fsp3) is 0.875. The van der Waals surface area contributed by atoms with E-state index in [0.717, 1.165) is 0 Å². The van der Waals surface area contributed by atoms with Crippen LogP contribution in [-0.2, 0) is 22.8 Å². The van der Waals surface area contributed by atoms with Gasteiger partial charge in [-0.3, -0.25) is 9.36 Å². The van der Waals surface area contributed by atoms with Gasteiger partial charge >= 0.3 is 7.60 Å². The lowest BCUT2D eigenvalue weighted by atomic mass is 10.5. The van der Waals surface area contributed by atoms with Gasteiger partial charge in [0.15, 0.2) is 0 Å². The van der Waals surface area contributed by atoms with Crippen LogP contribution in [0.25, 0.3) is 0 Å². The van der Waals surface area contributed by atoms with Crippen LogP contribution in [0.3, 0.4) is 0 Å². The molecule has 0 bridgehead atoms. The van der Waals surface area contributed by atoms with Gasteiger partial charge in [0, 0.05) is 14.2 Å². The molecule has 7 heteroatoms. The Bertz CT molecular complexity index is 252. The van der Waals surface area contributed by atoms with Crippen molar-refractivity contribution in [2.75, 3.05) is 20.4 Å². The van der Waals surface area contributed by atoms with E-state index < -0.39 is 15.9 Å². The van der Waals surface area contributed by atoms with Gasteiger partial charge in [0.05, 0.1) is 12.6 Å². The zero-order valence-corrected chi connectivity index (χ0v) is 11.8. The van der Waals surface area contributed by atoms with Crippen molar-refractivity contribution in [3.63, 3.8) is 0 Å². The highest BCUT2D eigenvalue weighted by atomic mass is 31.2. The maximum atomic E-state index is 11.6. The smallest absolute Gasteiger partial charge is 0.330 e. The van der Waals surface area contributed by atoms with Crippen molar-refractivity contribution >= 4 is 21.9 Å². The van der Waals surface area contributed by atoms with Crippen LogP contribution >= 0.6 is 7.60 Å². The Morgan fingerprint density at radius 2 is 1.67 bits per heavy atom. The first-order valence-corrected chi connectivity index (χ1v) is 9.78. The van der Waals surface area contributed by atoms with Crippen LogP contribution in [-0.4, -0.2) is 34.7 Å². The van der Waals surface area contributed by atoms with Crippen LogP contribution in [0.5, 0.6) is 0 Å². The van der Waals surface area contributed by atoms with Gasteiger partial charge in [0.1, 0.15) is 0 Å². The second-order valence-electron chi connectivity index (χ2n) is 4.04. The zero-order valence-electron chi connectivity index (χ0n) is 9.90. The van der Waals surface area contributed by atoms with E-state index >= 15 is 0 Å². The Morgan fingerprint density at radius 3 is 2.00 bits per heavy atom. The van der Waals surface area contributed by atoms with Gasteiger partial charge < -0.3 is 13.5 Å². The van der Waals surface area contributed by atoms with Crippen LogP contribution in [0.2, 0.25) is 19.6 Å². The predicted molar refractivity (Wildman–Crippen MR) is 60.5 cm³/mol. The van der Waals surface area contributed by atoms with Crippen molar-refractivity contribution in [1.29, 1.82) is 0 Å². The Hall–Kier alpha value is -0.163. The minimum absolute atomic E-state index is 0.0588. The first-order chi connectivity index (χ1) is 6.72. The van der Waals surface area contributed by atoms with Crippen molar-refractivity contribution in [2.45, 2.75) is 26.1 Å². The molecule has 0 aromatic carbocycles. The number of hydrogen-bond acceptors (Lipinski definition) is 5. The minimum atomic E-state index is -3.09. The molecular weight excluding hydrogens is 235 g/mol. The van der Waals surface area contributed by atoms with Gasteiger partial charge in [0.2, 0.25) is 8.32 Å². The average Bonchev–Trinajstić information content (AvgIpc) is 2.12. The third kappa shape index (κ3) is 6.84. The molecule has 0 aromatic heterocycles. The van der Waals surface area contributed by atoms with Crippen molar-refractivity contribution in [2.24, 2.45) is 0 Å². The summed E-state index contributed by atoms with van der Waals surface area (Å²) in [6, 6.07) is 0. The monoisotopic (exact) mass is 254 g/mol. The summed E-state index contributed by atoms with van der Waals surface area (Å²) in [4.78, 5) is 11.3. The van der Waals surface area contributed by atoms with Gasteiger partial charge in [-0.15, -0.1) is 0 Å². The molecule has 0 fully saturated rings. The Morgan fingerprint density at radius 1 is 1.20 bits per heavy atom.